The Morgan fingerprint density at radius 1 is 1.17 bits per heavy atom. The SMILES string of the molecule is CN=C(NCCc1ncc(C)s1)NCCc1c(Cl)cccc1Cl.I. The zero-order valence-corrected chi connectivity index (χ0v) is 18.3. The van der Waals surface area contributed by atoms with Gasteiger partial charge >= 0.3 is 0 Å². The van der Waals surface area contributed by atoms with Crippen molar-refractivity contribution >= 4 is 64.5 Å². The van der Waals surface area contributed by atoms with E-state index in [2.05, 4.69) is 27.5 Å². The van der Waals surface area contributed by atoms with Crippen LogP contribution in [0.1, 0.15) is 15.4 Å². The van der Waals surface area contributed by atoms with Gasteiger partial charge in [0.15, 0.2) is 5.96 Å². The molecule has 2 rings (SSSR count). The summed E-state index contributed by atoms with van der Waals surface area (Å²) in [6, 6.07) is 5.56. The lowest BCUT2D eigenvalue weighted by Crippen LogP contribution is -2.39. The van der Waals surface area contributed by atoms with Gasteiger partial charge in [-0.05, 0) is 31.0 Å². The molecule has 0 radical (unpaired) electrons. The van der Waals surface area contributed by atoms with Gasteiger partial charge in [-0.15, -0.1) is 35.3 Å². The van der Waals surface area contributed by atoms with Gasteiger partial charge in [-0.1, -0.05) is 29.3 Å². The predicted molar refractivity (Wildman–Crippen MR) is 116 cm³/mol. The number of hydrogen-bond acceptors (Lipinski definition) is 3. The highest BCUT2D eigenvalue weighted by Gasteiger charge is 2.06. The lowest BCUT2D eigenvalue weighted by molar-refractivity contribution is 0.782. The number of aromatic nitrogens is 1. The molecule has 4 nitrogen and oxygen atoms in total. The predicted octanol–water partition coefficient (Wildman–Crippen LogP) is 4.33. The summed E-state index contributed by atoms with van der Waals surface area (Å²) >= 11 is 14.1. The van der Waals surface area contributed by atoms with E-state index in [-0.39, 0.29) is 24.0 Å². The number of halogens is 3. The summed E-state index contributed by atoms with van der Waals surface area (Å²) in [4.78, 5) is 9.80. The van der Waals surface area contributed by atoms with Gasteiger partial charge in [-0.25, -0.2) is 4.98 Å². The fourth-order valence-corrected chi connectivity index (χ4v) is 3.48. The van der Waals surface area contributed by atoms with Crippen LogP contribution in [-0.2, 0) is 12.8 Å². The highest BCUT2D eigenvalue weighted by molar-refractivity contribution is 14.0. The minimum atomic E-state index is 0. The molecule has 2 aromatic rings. The van der Waals surface area contributed by atoms with Gasteiger partial charge in [-0.3, -0.25) is 4.99 Å². The zero-order valence-electron chi connectivity index (χ0n) is 13.6. The molecule has 0 aliphatic heterocycles. The molecule has 132 valence electrons. The third-order valence-corrected chi connectivity index (χ3v) is 4.93. The Balaban J connectivity index is 0.00000288. The van der Waals surface area contributed by atoms with Crippen molar-refractivity contribution in [1.29, 1.82) is 0 Å². The van der Waals surface area contributed by atoms with Gasteiger partial charge in [-0.2, -0.15) is 0 Å². The monoisotopic (exact) mass is 498 g/mol. The van der Waals surface area contributed by atoms with Crippen LogP contribution >= 0.6 is 58.5 Å². The van der Waals surface area contributed by atoms with Crippen molar-refractivity contribution in [3.8, 4) is 0 Å². The summed E-state index contributed by atoms with van der Waals surface area (Å²) in [6.45, 7) is 3.56. The van der Waals surface area contributed by atoms with E-state index in [1.165, 1.54) is 4.88 Å². The summed E-state index contributed by atoms with van der Waals surface area (Å²) in [6.07, 6.45) is 3.53. The second-order valence-electron chi connectivity index (χ2n) is 4.99. The molecule has 24 heavy (non-hydrogen) atoms. The van der Waals surface area contributed by atoms with Crippen molar-refractivity contribution in [3.05, 3.63) is 49.9 Å². The molecule has 8 heteroatoms. The van der Waals surface area contributed by atoms with Gasteiger partial charge in [0.25, 0.3) is 0 Å². The molecule has 0 amide bonds. The molecule has 2 N–H and O–H groups in total. The molecule has 0 spiro atoms. The topological polar surface area (TPSA) is 49.3 Å². The first-order valence-corrected chi connectivity index (χ1v) is 8.96. The highest BCUT2D eigenvalue weighted by Crippen LogP contribution is 2.24. The van der Waals surface area contributed by atoms with Crippen molar-refractivity contribution in [3.63, 3.8) is 0 Å². The molecule has 0 fully saturated rings. The molecule has 1 heterocycles. The van der Waals surface area contributed by atoms with Crippen LogP contribution in [0.3, 0.4) is 0 Å². The number of thiazole rings is 1. The van der Waals surface area contributed by atoms with Crippen LogP contribution in [0.2, 0.25) is 10.0 Å². The fourth-order valence-electron chi connectivity index (χ4n) is 2.10. The van der Waals surface area contributed by atoms with Gasteiger partial charge in [0.05, 0.1) is 5.01 Å². The second kappa shape index (κ2) is 11.1. The molecule has 0 aliphatic carbocycles. The van der Waals surface area contributed by atoms with Crippen molar-refractivity contribution < 1.29 is 0 Å². The molecule has 0 saturated heterocycles. The number of aliphatic imine (C=N–C) groups is 1. The fraction of sp³-hybridized carbons (Fsp3) is 0.375. The Kier molecular flexibility index (Phi) is 9.95. The van der Waals surface area contributed by atoms with Gasteiger partial charge in [0.1, 0.15) is 0 Å². The third-order valence-electron chi connectivity index (χ3n) is 3.25. The Morgan fingerprint density at radius 2 is 1.79 bits per heavy atom. The van der Waals surface area contributed by atoms with E-state index in [4.69, 9.17) is 23.2 Å². The highest BCUT2D eigenvalue weighted by atomic mass is 127. The Labute approximate surface area is 174 Å². The van der Waals surface area contributed by atoms with Crippen molar-refractivity contribution in [2.24, 2.45) is 4.99 Å². The Bertz CT molecular complexity index is 656. The number of nitrogens with one attached hydrogen (secondary N) is 2. The average Bonchev–Trinajstić information content (AvgIpc) is 2.94. The molecule has 0 unspecified atom stereocenters. The van der Waals surface area contributed by atoms with Crippen LogP contribution in [0.4, 0.5) is 0 Å². The van der Waals surface area contributed by atoms with Crippen LogP contribution in [-0.4, -0.2) is 31.1 Å². The number of nitrogens with zero attached hydrogens (tertiary/aromatic N) is 2. The molecule has 0 atom stereocenters. The third kappa shape index (κ3) is 6.74. The average molecular weight is 499 g/mol. The number of hydrogen-bond donors (Lipinski definition) is 2. The first kappa shape index (κ1) is 21.5. The summed E-state index contributed by atoms with van der Waals surface area (Å²) in [5, 5.41) is 9.07. The van der Waals surface area contributed by atoms with E-state index in [0.717, 1.165) is 35.9 Å². The maximum atomic E-state index is 6.17. The van der Waals surface area contributed by atoms with Crippen LogP contribution in [0.25, 0.3) is 0 Å². The van der Waals surface area contributed by atoms with Gasteiger partial charge in [0.2, 0.25) is 0 Å². The first-order valence-electron chi connectivity index (χ1n) is 7.39. The molecule has 1 aromatic carbocycles. The smallest absolute Gasteiger partial charge is 0.191 e. The quantitative estimate of drug-likeness (QED) is 0.354. The number of benzene rings is 1. The normalized spacial score (nSPS) is 11.1. The first-order chi connectivity index (χ1) is 11.1. The summed E-state index contributed by atoms with van der Waals surface area (Å²) in [7, 11) is 1.76. The molecular weight excluding hydrogens is 478 g/mol. The largest absolute Gasteiger partial charge is 0.356 e. The van der Waals surface area contributed by atoms with Crippen LogP contribution in [0.5, 0.6) is 0 Å². The van der Waals surface area contributed by atoms with E-state index in [1.54, 1.807) is 18.4 Å². The van der Waals surface area contributed by atoms with Crippen LogP contribution in [0.15, 0.2) is 29.4 Å². The van der Waals surface area contributed by atoms with E-state index in [9.17, 15) is 0 Å². The van der Waals surface area contributed by atoms with Gasteiger partial charge in [0, 0.05) is 47.7 Å². The van der Waals surface area contributed by atoms with Crippen molar-refractivity contribution in [2.45, 2.75) is 19.8 Å². The maximum Gasteiger partial charge on any atom is 0.191 e. The zero-order chi connectivity index (χ0) is 16.7. The van der Waals surface area contributed by atoms with Gasteiger partial charge < -0.3 is 10.6 Å². The van der Waals surface area contributed by atoms with E-state index in [0.29, 0.717) is 16.6 Å². The number of aryl methyl sites for hydroxylation is 1. The number of rotatable bonds is 6. The second-order valence-corrected chi connectivity index (χ2v) is 7.12. The van der Waals surface area contributed by atoms with Crippen molar-refractivity contribution in [2.75, 3.05) is 20.1 Å². The Morgan fingerprint density at radius 3 is 2.33 bits per heavy atom. The Hall–Kier alpha value is -0.570. The van der Waals surface area contributed by atoms with Crippen molar-refractivity contribution in [1.82, 2.24) is 15.6 Å². The minimum absolute atomic E-state index is 0. The molecular formula is C16H21Cl2IN4S. The standard InChI is InChI=1S/C16H20Cl2N4S.HI/c1-11-10-22-15(23-11)7-9-21-16(19-2)20-8-6-12-13(17)4-3-5-14(12)18;/h3-5,10H,6-9H2,1-2H3,(H2,19,20,21);1H. The van der Waals surface area contributed by atoms with E-state index in [1.807, 2.05) is 24.4 Å². The number of guanidine groups is 1. The minimum Gasteiger partial charge on any atom is -0.356 e. The van der Waals surface area contributed by atoms with Crippen LogP contribution in [0, 0.1) is 6.92 Å². The van der Waals surface area contributed by atoms with E-state index >= 15 is 0 Å². The summed E-state index contributed by atoms with van der Waals surface area (Å²) in [5.41, 5.74) is 0.956. The summed E-state index contributed by atoms with van der Waals surface area (Å²) < 4.78 is 0. The summed E-state index contributed by atoms with van der Waals surface area (Å²) in [5.74, 6) is 0.765. The molecule has 0 bridgehead atoms. The van der Waals surface area contributed by atoms with E-state index < -0.39 is 0 Å². The maximum absolute atomic E-state index is 6.17. The van der Waals surface area contributed by atoms with Crippen LogP contribution < -0.4 is 10.6 Å². The lowest BCUT2D eigenvalue weighted by atomic mass is 10.1. The lowest BCUT2D eigenvalue weighted by Gasteiger charge is -2.12. The molecule has 1 aromatic heterocycles. The molecule has 0 aliphatic rings. The molecule has 0 saturated carbocycles.